The highest BCUT2D eigenvalue weighted by molar-refractivity contribution is 7.92. The van der Waals surface area contributed by atoms with Crippen molar-refractivity contribution >= 4 is 27.6 Å². The van der Waals surface area contributed by atoms with Gasteiger partial charge >= 0.3 is 0 Å². The lowest BCUT2D eigenvalue weighted by Gasteiger charge is -2.35. The van der Waals surface area contributed by atoms with Gasteiger partial charge in [-0.1, -0.05) is 58.9 Å². The molecule has 13 heteroatoms. The number of rotatable bonds is 7. The molecule has 1 amide bonds. The van der Waals surface area contributed by atoms with E-state index in [4.69, 9.17) is 19.4 Å². The summed E-state index contributed by atoms with van der Waals surface area (Å²) < 4.78 is 41.9. The number of nitrogens with zero attached hydrogens (tertiary/aromatic N) is 6. The number of carbonyl (C=O) groups excluding carboxylic acids is 1. The van der Waals surface area contributed by atoms with Gasteiger partial charge in [-0.2, -0.15) is 4.98 Å². The smallest absolute Gasteiger partial charge is 0.264 e. The van der Waals surface area contributed by atoms with Crippen molar-refractivity contribution in [1.82, 2.24) is 24.8 Å². The maximum atomic E-state index is 14.5. The molecule has 2 atom stereocenters. The van der Waals surface area contributed by atoms with Crippen molar-refractivity contribution in [3.05, 3.63) is 83.4 Å². The van der Waals surface area contributed by atoms with Crippen LogP contribution >= 0.6 is 0 Å². The summed E-state index contributed by atoms with van der Waals surface area (Å²) in [7, 11) is -2.48. The number of aryl methyl sites for hydroxylation is 2. The standard InChI is InChI=1S/C39H49N7O5S/c1-25-11-9-12-26(2)35(25)32-16-34-43-37(42-32)44-52(48,49)31-14-10-13-27(15-31)36(47)45(28(23-51-34)17-38(3,4)5)21-33-40-19-30(20-41-33)46-24-39(6,7)18-29(46)22-50-8/h9-16,19-20,28-29H,17-18,21-24H2,1-8H3,(H,42,43,44)/t28-,29-/m1/s1. The van der Waals surface area contributed by atoms with Gasteiger partial charge < -0.3 is 19.3 Å². The predicted octanol–water partition coefficient (Wildman–Crippen LogP) is 6.44. The Kier molecular flexibility index (Phi) is 10.3. The van der Waals surface area contributed by atoms with Crippen molar-refractivity contribution in [2.75, 3.05) is 36.5 Å². The molecule has 12 nitrogen and oxygen atoms in total. The molecule has 1 N–H and O–H groups in total. The molecule has 2 aromatic heterocycles. The molecular weight excluding hydrogens is 679 g/mol. The van der Waals surface area contributed by atoms with Gasteiger partial charge in [0.15, 0.2) is 0 Å². The minimum absolute atomic E-state index is 0.0775. The number of methoxy groups -OCH3 is 1. The van der Waals surface area contributed by atoms with Gasteiger partial charge in [0.1, 0.15) is 12.4 Å². The zero-order valence-corrected chi connectivity index (χ0v) is 32.1. The monoisotopic (exact) mass is 727 g/mol. The van der Waals surface area contributed by atoms with Crippen LogP contribution in [0.5, 0.6) is 5.88 Å². The summed E-state index contributed by atoms with van der Waals surface area (Å²) in [6, 6.07) is 13.4. The van der Waals surface area contributed by atoms with E-state index in [2.05, 4.69) is 54.2 Å². The Morgan fingerprint density at radius 2 is 1.69 bits per heavy atom. The van der Waals surface area contributed by atoms with E-state index in [-0.39, 0.29) is 58.2 Å². The van der Waals surface area contributed by atoms with Crippen molar-refractivity contribution < 1.29 is 22.7 Å². The molecule has 1 fully saturated rings. The van der Waals surface area contributed by atoms with E-state index in [1.54, 1.807) is 30.2 Å². The molecular formula is C39H49N7O5S. The number of benzene rings is 2. The molecule has 1 saturated heterocycles. The second-order valence-corrected chi connectivity index (χ2v) is 17.6. The Morgan fingerprint density at radius 1 is 1.00 bits per heavy atom. The van der Waals surface area contributed by atoms with Gasteiger partial charge in [-0.05, 0) is 66.8 Å². The van der Waals surface area contributed by atoms with Gasteiger partial charge in [-0.3, -0.25) is 4.79 Å². The Bertz CT molecular complexity index is 2030. The fourth-order valence-corrected chi connectivity index (χ4v) is 8.31. The minimum Gasteiger partial charge on any atom is -0.475 e. The van der Waals surface area contributed by atoms with Crippen molar-refractivity contribution in [3.8, 4) is 17.1 Å². The van der Waals surface area contributed by atoms with Crippen LogP contribution in [0, 0.1) is 24.7 Å². The van der Waals surface area contributed by atoms with Crippen LogP contribution in [0.3, 0.4) is 0 Å². The second kappa shape index (κ2) is 14.4. The molecule has 4 aromatic rings. The SMILES string of the molecule is COC[C@H]1CC(C)(C)CN1c1cnc(CN2C(=O)c3cccc(c3)S(=O)(=O)Nc3nc(cc(-c4c(C)cccc4C)n3)OC[C@H]2CC(C)(C)C)nc1. The van der Waals surface area contributed by atoms with E-state index < -0.39 is 16.1 Å². The number of hydrogen-bond donors (Lipinski definition) is 1. The third-order valence-corrected chi connectivity index (χ3v) is 10.9. The topological polar surface area (TPSA) is 140 Å². The van der Waals surface area contributed by atoms with Crippen LogP contribution in [-0.2, 0) is 21.3 Å². The van der Waals surface area contributed by atoms with Crippen molar-refractivity contribution in [3.63, 3.8) is 0 Å². The van der Waals surface area contributed by atoms with Crippen LogP contribution in [0.2, 0.25) is 0 Å². The van der Waals surface area contributed by atoms with Gasteiger partial charge in [0.2, 0.25) is 11.8 Å². The molecule has 6 rings (SSSR count). The highest BCUT2D eigenvalue weighted by Crippen LogP contribution is 2.37. The number of anilines is 2. The minimum atomic E-state index is -4.19. The summed E-state index contributed by atoms with van der Waals surface area (Å²) in [5.41, 5.74) is 4.34. The number of sulfonamides is 1. The third-order valence-electron chi connectivity index (χ3n) is 9.55. The molecule has 2 aromatic carbocycles. The molecule has 0 saturated carbocycles. The summed E-state index contributed by atoms with van der Waals surface area (Å²) in [6.45, 7) is 16.4. The Morgan fingerprint density at radius 3 is 2.37 bits per heavy atom. The number of aromatic nitrogens is 4. The van der Waals surface area contributed by atoms with Gasteiger partial charge in [0, 0.05) is 30.8 Å². The Labute approximate surface area is 307 Å². The molecule has 2 aliphatic heterocycles. The van der Waals surface area contributed by atoms with Gasteiger partial charge in [0.05, 0.1) is 53.9 Å². The fraction of sp³-hybridized carbons (Fsp3) is 0.462. The Hall–Kier alpha value is -4.62. The van der Waals surface area contributed by atoms with Crippen molar-refractivity contribution in [2.45, 2.75) is 84.8 Å². The van der Waals surface area contributed by atoms with Crippen LogP contribution in [-0.4, -0.2) is 78.1 Å². The summed E-state index contributed by atoms with van der Waals surface area (Å²) >= 11 is 0. The average Bonchev–Trinajstić information content (AvgIpc) is 3.38. The lowest BCUT2D eigenvalue weighted by molar-refractivity contribution is 0.0505. The molecule has 0 radical (unpaired) electrons. The second-order valence-electron chi connectivity index (χ2n) is 15.9. The van der Waals surface area contributed by atoms with Gasteiger partial charge in [-0.25, -0.2) is 28.1 Å². The largest absolute Gasteiger partial charge is 0.475 e. The summed E-state index contributed by atoms with van der Waals surface area (Å²) in [6.07, 6.45) is 5.17. The van der Waals surface area contributed by atoms with E-state index in [0.717, 1.165) is 35.3 Å². The van der Waals surface area contributed by atoms with Crippen LogP contribution in [0.25, 0.3) is 11.3 Å². The van der Waals surface area contributed by atoms with Gasteiger partial charge in [-0.15, -0.1) is 0 Å². The van der Waals surface area contributed by atoms with Crippen LogP contribution in [0.1, 0.15) is 74.8 Å². The molecule has 0 unspecified atom stereocenters. The summed E-state index contributed by atoms with van der Waals surface area (Å²) in [5.74, 6) is 0.145. The summed E-state index contributed by atoms with van der Waals surface area (Å²) in [5, 5.41) is 0. The Balaban J connectivity index is 1.41. The van der Waals surface area contributed by atoms with Gasteiger partial charge in [0.25, 0.3) is 15.9 Å². The fourth-order valence-electron chi connectivity index (χ4n) is 7.32. The number of ether oxygens (including phenoxy) is 2. The number of nitrogens with one attached hydrogen (secondary N) is 1. The lowest BCUT2D eigenvalue weighted by Crippen LogP contribution is -2.45. The van der Waals surface area contributed by atoms with E-state index in [1.165, 1.54) is 12.1 Å². The first-order chi connectivity index (χ1) is 24.5. The number of carbonyl (C=O) groups is 1. The molecule has 4 heterocycles. The first-order valence-corrected chi connectivity index (χ1v) is 19.1. The molecule has 2 aliphatic rings. The molecule has 4 bridgehead atoms. The van der Waals surface area contributed by atoms with E-state index in [9.17, 15) is 13.2 Å². The number of hydrogen-bond acceptors (Lipinski definition) is 10. The normalized spacial score (nSPS) is 20.0. The zero-order chi connectivity index (χ0) is 37.4. The maximum Gasteiger partial charge on any atom is 0.264 e. The molecule has 0 aliphatic carbocycles. The van der Waals surface area contributed by atoms with Crippen molar-refractivity contribution in [1.29, 1.82) is 0 Å². The first-order valence-electron chi connectivity index (χ1n) is 17.6. The molecule has 276 valence electrons. The highest BCUT2D eigenvalue weighted by Gasteiger charge is 2.38. The maximum absolute atomic E-state index is 14.5. The third kappa shape index (κ3) is 8.36. The van der Waals surface area contributed by atoms with Crippen LogP contribution in [0.15, 0.2) is 65.8 Å². The highest BCUT2D eigenvalue weighted by atomic mass is 32.2. The van der Waals surface area contributed by atoms with Crippen LogP contribution < -0.4 is 14.4 Å². The van der Waals surface area contributed by atoms with Crippen LogP contribution in [0.4, 0.5) is 11.6 Å². The molecule has 52 heavy (non-hydrogen) atoms. The molecule has 0 spiro atoms. The van der Waals surface area contributed by atoms with E-state index in [0.29, 0.717) is 24.5 Å². The summed E-state index contributed by atoms with van der Waals surface area (Å²) in [4.78, 5) is 37.0. The first kappa shape index (κ1) is 37.1. The quantitative estimate of drug-likeness (QED) is 0.226. The zero-order valence-electron chi connectivity index (χ0n) is 31.3. The predicted molar refractivity (Wildman–Crippen MR) is 201 cm³/mol. The average molecular weight is 728 g/mol. The van der Waals surface area contributed by atoms with Crippen molar-refractivity contribution in [2.24, 2.45) is 10.8 Å². The number of fused-ring (bicyclic) bond motifs is 4. The lowest BCUT2D eigenvalue weighted by atomic mass is 9.87. The van der Waals surface area contributed by atoms with E-state index in [1.807, 2.05) is 44.4 Å². The number of amides is 1. The van der Waals surface area contributed by atoms with E-state index >= 15 is 0 Å².